The van der Waals surface area contributed by atoms with E-state index >= 15 is 0 Å². The Bertz CT molecular complexity index is 103. The average molecular weight is 124 g/mol. The van der Waals surface area contributed by atoms with Gasteiger partial charge in [0.05, 0.1) is 0 Å². The standard InChI is InChI=1S/C8H14N/c9-8-5-6-1-3-7(8)4-2-6/h6-9H,1-5H2. The molecule has 3 rings (SSSR count). The van der Waals surface area contributed by atoms with Crippen molar-refractivity contribution in [1.29, 1.82) is 0 Å². The fourth-order valence-corrected chi connectivity index (χ4v) is 2.38. The maximum absolute atomic E-state index is 7.66. The molecule has 2 bridgehead atoms. The van der Waals surface area contributed by atoms with Crippen molar-refractivity contribution in [1.82, 2.24) is 5.73 Å². The van der Waals surface area contributed by atoms with Crippen molar-refractivity contribution in [2.24, 2.45) is 11.8 Å². The molecule has 0 amide bonds. The van der Waals surface area contributed by atoms with E-state index in [1.165, 1.54) is 32.1 Å². The summed E-state index contributed by atoms with van der Waals surface area (Å²) in [5.41, 5.74) is 7.66. The molecule has 0 aromatic heterocycles. The summed E-state index contributed by atoms with van der Waals surface area (Å²) in [6.45, 7) is 0. The Kier molecular flexibility index (Phi) is 1.26. The van der Waals surface area contributed by atoms with Crippen molar-refractivity contribution in [3.05, 3.63) is 0 Å². The van der Waals surface area contributed by atoms with E-state index < -0.39 is 0 Å². The van der Waals surface area contributed by atoms with Gasteiger partial charge in [0.2, 0.25) is 0 Å². The van der Waals surface area contributed by atoms with Crippen LogP contribution in [0, 0.1) is 11.8 Å². The van der Waals surface area contributed by atoms with Crippen LogP contribution in [0.4, 0.5) is 0 Å². The molecule has 3 saturated carbocycles. The molecule has 1 N–H and O–H groups in total. The summed E-state index contributed by atoms with van der Waals surface area (Å²) in [7, 11) is 0. The number of nitrogens with one attached hydrogen (secondary N) is 1. The van der Waals surface area contributed by atoms with Gasteiger partial charge < -0.3 is 0 Å². The molecule has 1 heteroatoms. The number of hydrogen-bond donors (Lipinski definition) is 0. The molecule has 1 radical (unpaired) electrons. The molecular formula is C8H14N. The molecule has 0 spiro atoms. The van der Waals surface area contributed by atoms with Gasteiger partial charge in [0, 0.05) is 6.04 Å². The Labute approximate surface area is 56.6 Å². The number of hydrogen-bond acceptors (Lipinski definition) is 0. The molecule has 1 nitrogen and oxygen atoms in total. The normalized spacial score (nSPS) is 49.7. The lowest BCUT2D eigenvalue weighted by Gasteiger charge is -2.39. The second-order valence-electron chi connectivity index (χ2n) is 3.62. The van der Waals surface area contributed by atoms with E-state index in [0.29, 0.717) is 6.04 Å². The van der Waals surface area contributed by atoms with Crippen LogP contribution in [0.3, 0.4) is 0 Å². The van der Waals surface area contributed by atoms with Crippen molar-refractivity contribution in [3.8, 4) is 0 Å². The average Bonchev–Trinajstić information content (AvgIpc) is 1.90. The van der Waals surface area contributed by atoms with E-state index in [0.717, 1.165) is 11.8 Å². The zero-order valence-corrected chi connectivity index (χ0v) is 5.77. The highest BCUT2D eigenvalue weighted by Crippen LogP contribution is 2.40. The summed E-state index contributed by atoms with van der Waals surface area (Å²) >= 11 is 0. The van der Waals surface area contributed by atoms with Crippen LogP contribution < -0.4 is 5.73 Å². The molecule has 1 unspecified atom stereocenters. The number of rotatable bonds is 0. The molecule has 3 fully saturated rings. The second-order valence-corrected chi connectivity index (χ2v) is 3.62. The summed E-state index contributed by atoms with van der Waals surface area (Å²) in [5, 5.41) is 0. The lowest BCUT2D eigenvalue weighted by molar-refractivity contribution is 0.143. The SMILES string of the molecule is [NH]C1CC2CCC1CC2. The van der Waals surface area contributed by atoms with Crippen molar-refractivity contribution in [3.63, 3.8) is 0 Å². The maximum atomic E-state index is 7.66. The molecule has 1 atom stereocenters. The first-order chi connectivity index (χ1) is 4.36. The van der Waals surface area contributed by atoms with Gasteiger partial charge in [-0.3, -0.25) is 5.73 Å². The quantitative estimate of drug-likeness (QED) is 0.470. The summed E-state index contributed by atoms with van der Waals surface area (Å²) in [6, 6.07) is 0.317. The smallest absolute Gasteiger partial charge is 0.0243 e. The van der Waals surface area contributed by atoms with Gasteiger partial charge in [-0.05, 0) is 31.1 Å². The van der Waals surface area contributed by atoms with Crippen LogP contribution in [0.1, 0.15) is 32.1 Å². The van der Waals surface area contributed by atoms with Crippen molar-refractivity contribution >= 4 is 0 Å². The minimum Gasteiger partial charge on any atom is -0.254 e. The highest BCUT2D eigenvalue weighted by molar-refractivity contribution is 4.87. The van der Waals surface area contributed by atoms with Gasteiger partial charge in [0.15, 0.2) is 0 Å². The minimum absolute atomic E-state index is 0.317. The molecule has 0 aliphatic heterocycles. The first-order valence-electron chi connectivity index (χ1n) is 4.07. The molecular weight excluding hydrogens is 110 g/mol. The number of fused-ring (bicyclic) bond motifs is 3. The monoisotopic (exact) mass is 124 g/mol. The zero-order chi connectivity index (χ0) is 6.27. The molecule has 0 saturated heterocycles. The van der Waals surface area contributed by atoms with Gasteiger partial charge in [-0.2, -0.15) is 0 Å². The van der Waals surface area contributed by atoms with Gasteiger partial charge in [-0.25, -0.2) is 0 Å². The van der Waals surface area contributed by atoms with Gasteiger partial charge >= 0.3 is 0 Å². The van der Waals surface area contributed by atoms with Gasteiger partial charge in [0.25, 0.3) is 0 Å². The minimum atomic E-state index is 0.317. The third-order valence-corrected chi connectivity index (χ3v) is 3.05. The van der Waals surface area contributed by atoms with Crippen LogP contribution in [0.5, 0.6) is 0 Å². The van der Waals surface area contributed by atoms with Crippen LogP contribution >= 0.6 is 0 Å². The molecule has 3 aliphatic carbocycles. The maximum Gasteiger partial charge on any atom is 0.0243 e. The fourth-order valence-electron chi connectivity index (χ4n) is 2.38. The fraction of sp³-hybridized carbons (Fsp3) is 1.00. The van der Waals surface area contributed by atoms with Gasteiger partial charge in [0.1, 0.15) is 0 Å². The van der Waals surface area contributed by atoms with E-state index in [1.54, 1.807) is 0 Å². The Hall–Kier alpha value is -0.0400. The highest BCUT2D eigenvalue weighted by atomic mass is 14.7. The van der Waals surface area contributed by atoms with E-state index in [-0.39, 0.29) is 0 Å². The largest absolute Gasteiger partial charge is 0.254 e. The first kappa shape index (κ1) is 5.72. The van der Waals surface area contributed by atoms with E-state index in [2.05, 4.69) is 0 Å². The summed E-state index contributed by atoms with van der Waals surface area (Å²) in [6.07, 6.45) is 6.79. The predicted octanol–water partition coefficient (Wildman–Crippen LogP) is 1.85. The molecule has 51 valence electrons. The second kappa shape index (κ2) is 1.98. The third kappa shape index (κ3) is 0.877. The van der Waals surface area contributed by atoms with Crippen LogP contribution in [0.15, 0.2) is 0 Å². The third-order valence-electron chi connectivity index (χ3n) is 3.05. The summed E-state index contributed by atoms with van der Waals surface area (Å²) in [5.74, 6) is 1.73. The van der Waals surface area contributed by atoms with E-state index in [9.17, 15) is 0 Å². The first-order valence-corrected chi connectivity index (χ1v) is 4.07. The van der Waals surface area contributed by atoms with Crippen LogP contribution in [0.25, 0.3) is 0 Å². The van der Waals surface area contributed by atoms with Gasteiger partial charge in [-0.15, -0.1) is 0 Å². The molecule has 0 heterocycles. The molecule has 9 heavy (non-hydrogen) atoms. The lowest BCUT2D eigenvalue weighted by atomic mass is 9.68. The van der Waals surface area contributed by atoms with E-state index in [4.69, 9.17) is 5.73 Å². The summed E-state index contributed by atoms with van der Waals surface area (Å²) < 4.78 is 0. The van der Waals surface area contributed by atoms with Crippen molar-refractivity contribution in [2.45, 2.75) is 38.1 Å². The van der Waals surface area contributed by atoms with Crippen LogP contribution in [0.2, 0.25) is 0 Å². The molecule has 0 aromatic carbocycles. The summed E-state index contributed by atoms with van der Waals surface area (Å²) in [4.78, 5) is 0. The van der Waals surface area contributed by atoms with Crippen molar-refractivity contribution < 1.29 is 0 Å². The molecule has 3 aliphatic rings. The Morgan fingerprint density at radius 3 is 1.89 bits per heavy atom. The zero-order valence-electron chi connectivity index (χ0n) is 5.77. The van der Waals surface area contributed by atoms with Crippen molar-refractivity contribution in [2.75, 3.05) is 0 Å². The Balaban J connectivity index is 2.06. The predicted molar refractivity (Wildman–Crippen MR) is 36.9 cm³/mol. The Morgan fingerprint density at radius 2 is 1.67 bits per heavy atom. The van der Waals surface area contributed by atoms with Crippen LogP contribution in [-0.2, 0) is 0 Å². The molecule has 0 aromatic rings. The lowest BCUT2D eigenvalue weighted by Crippen LogP contribution is -2.35. The topological polar surface area (TPSA) is 23.8 Å². The highest BCUT2D eigenvalue weighted by Gasteiger charge is 2.33. The Morgan fingerprint density at radius 1 is 1.00 bits per heavy atom. The van der Waals surface area contributed by atoms with E-state index in [1.807, 2.05) is 0 Å². The van der Waals surface area contributed by atoms with Gasteiger partial charge in [-0.1, -0.05) is 12.8 Å². The van der Waals surface area contributed by atoms with Crippen LogP contribution in [-0.4, -0.2) is 6.04 Å².